The summed E-state index contributed by atoms with van der Waals surface area (Å²) in [5, 5.41) is 24.6. The van der Waals surface area contributed by atoms with Crippen molar-refractivity contribution in [2.75, 3.05) is 18.5 Å². The quantitative estimate of drug-likeness (QED) is 0.454. The molecular formula is C15H15N3O5. The predicted octanol–water partition coefficient (Wildman–Crippen LogP) is 3.38. The highest BCUT2D eigenvalue weighted by Gasteiger charge is 2.18. The van der Waals surface area contributed by atoms with Gasteiger partial charge >= 0.3 is 0 Å². The van der Waals surface area contributed by atoms with Crippen molar-refractivity contribution in [3.63, 3.8) is 0 Å². The normalized spacial score (nSPS) is 10.1. The second-order valence-electron chi connectivity index (χ2n) is 4.66. The number of ether oxygens (including phenoxy) is 1. The van der Waals surface area contributed by atoms with Crippen molar-refractivity contribution in [3.8, 4) is 5.75 Å². The van der Waals surface area contributed by atoms with Gasteiger partial charge in [-0.25, -0.2) is 0 Å². The molecule has 0 saturated heterocycles. The average molecular weight is 317 g/mol. The Kier molecular flexibility index (Phi) is 5.45. The summed E-state index contributed by atoms with van der Waals surface area (Å²) in [6.07, 6.45) is 0.628. The Morgan fingerprint density at radius 2 is 1.74 bits per heavy atom. The highest BCUT2D eigenvalue weighted by Crippen LogP contribution is 2.28. The summed E-state index contributed by atoms with van der Waals surface area (Å²) in [5.41, 5.74) is -0.377. The first-order chi connectivity index (χ1) is 11.1. The van der Waals surface area contributed by atoms with E-state index >= 15 is 0 Å². The van der Waals surface area contributed by atoms with Gasteiger partial charge in [0.05, 0.1) is 22.5 Å². The van der Waals surface area contributed by atoms with E-state index in [1.54, 1.807) is 0 Å². The highest BCUT2D eigenvalue weighted by atomic mass is 16.6. The van der Waals surface area contributed by atoms with E-state index in [2.05, 4.69) is 5.32 Å². The van der Waals surface area contributed by atoms with Crippen LogP contribution in [0.5, 0.6) is 5.75 Å². The van der Waals surface area contributed by atoms with Crippen molar-refractivity contribution >= 4 is 17.1 Å². The van der Waals surface area contributed by atoms with Crippen molar-refractivity contribution in [1.29, 1.82) is 0 Å². The van der Waals surface area contributed by atoms with Gasteiger partial charge in [0.25, 0.3) is 11.4 Å². The largest absolute Gasteiger partial charge is 0.494 e. The zero-order chi connectivity index (χ0) is 16.7. The average Bonchev–Trinajstić information content (AvgIpc) is 2.55. The van der Waals surface area contributed by atoms with Crippen LogP contribution in [0, 0.1) is 20.2 Å². The van der Waals surface area contributed by atoms with Gasteiger partial charge in [-0.1, -0.05) is 18.2 Å². The molecular weight excluding hydrogens is 302 g/mol. The fraction of sp³-hybridized carbons (Fsp3) is 0.200. The molecule has 0 unspecified atom stereocenters. The lowest BCUT2D eigenvalue weighted by atomic mass is 10.2. The van der Waals surface area contributed by atoms with Gasteiger partial charge in [-0.3, -0.25) is 20.2 Å². The maximum atomic E-state index is 11.0. The van der Waals surface area contributed by atoms with E-state index in [9.17, 15) is 20.2 Å². The summed E-state index contributed by atoms with van der Waals surface area (Å²) in [7, 11) is 0. The number of nitrogens with zero attached hydrogens (tertiary/aromatic N) is 2. The van der Waals surface area contributed by atoms with E-state index in [0.29, 0.717) is 19.6 Å². The smallest absolute Gasteiger partial charge is 0.299 e. The maximum absolute atomic E-state index is 11.0. The fourth-order valence-corrected chi connectivity index (χ4v) is 1.94. The SMILES string of the molecule is O=[N+]([O-])c1ccc(NCCCOc2ccccc2)c([N+](=O)[O-])c1. The number of nitro benzene ring substituents is 2. The zero-order valence-corrected chi connectivity index (χ0v) is 12.2. The minimum absolute atomic E-state index is 0.250. The van der Waals surface area contributed by atoms with Gasteiger partial charge in [-0.05, 0) is 24.6 Å². The standard InChI is InChI=1S/C15H15N3O5/c19-17(20)12-7-8-14(15(11-12)18(21)22)16-9-4-10-23-13-5-2-1-3-6-13/h1-3,5-8,11,16H,4,9-10H2. The number of benzene rings is 2. The molecule has 0 aliphatic rings. The van der Waals surface area contributed by atoms with Crippen molar-refractivity contribution < 1.29 is 14.6 Å². The first-order valence-electron chi connectivity index (χ1n) is 6.92. The Balaban J connectivity index is 1.87. The number of rotatable bonds is 8. The van der Waals surface area contributed by atoms with Crippen LogP contribution in [0.15, 0.2) is 48.5 Å². The van der Waals surface area contributed by atoms with Crippen LogP contribution in [-0.2, 0) is 0 Å². The van der Waals surface area contributed by atoms with Gasteiger partial charge in [0, 0.05) is 12.6 Å². The summed E-state index contributed by atoms with van der Waals surface area (Å²) in [6, 6.07) is 12.8. The van der Waals surface area contributed by atoms with Crippen molar-refractivity contribution in [2.24, 2.45) is 0 Å². The van der Waals surface area contributed by atoms with Crippen LogP contribution in [0.3, 0.4) is 0 Å². The number of hydrogen-bond donors (Lipinski definition) is 1. The van der Waals surface area contributed by atoms with E-state index in [-0.39, 0.29) is 17.1 Å². The van der Waals surface area contributed by atoms with Gasteiger partial charge in [-0.2, -0.15) is 0 Å². The molecule has 23 heavy (non-hydrogen) atoms. The molecule has 8 heteroatoms. The molecule has 0 radical (unpaired) electrons. The molecule has 0 aliphatic carbocycles. The highest BCUT2D eigenvalue weighted by molar-refractivity contribution is 5.65. The van der Waals surface area contributed by atoms with E-state index in [4.69, 9.17) is 4.74 Å². The molecule has 0 bridgehead atoms. The third-order valence-corrected chi connectivity index (χ3v) is 3.04. The fourth-order valence-electron chi connectivity index (χ4n) is 1.94. The summed E-state index contributed by atoms with van der Waals surface area (Å²) in [4.78, 5) is 20.4. The Morgan fingerprint density at radius 1 is 1.00 bits per heavy atom. The Labute approximate surface area is 132 Å². The molecule has 120 valence electrons. The number of nitro groups is 2. The van der Waals surface area contributed by atoms with Crippen LogP contribution in [0.1, 0.15) is 6.42 Å². The summed E-state index contributed by atoms with van der Waals surface area (Å²) < 4.78 is 5.51. The van der Waals surface area contributed by atoms with E-state index < -0.39 is 9.85 Å². The number of anilines is 1. The minimum atomic E-state index is -0.662. The first kappa shape index (κ1) is 16.2. The van der Waals surface area contributed by atoms with Gasteiger partial charge in [0.15, 0.2) is 0 Å². The van der Waals surface area contributed by atoms with Crippen LogP contribution < -0.4 is 10.1 Å². The van der Waals surface area contributed by atoms with Gasteiger partial charge in [0.1, 0.15) is 11.4 Å². The Morgan fingerprint density at radius 3 is 2.39 bits per heavy atom. The molecule has 0 aromatic heterocycles. The maximum Gasteiger partial charge on any atom is 0.299 e. The van der Waals surface area contributed by atoms with Gasteiger partial charge < -0.3 is 10.1 Å². The van der Waals surface area contributed by atoms with E-state index in [0.717, 1.165) is 11.8 Å². The van der Waals surface area contributed by atoms with Crippen molar-refractivity contribution in [3.05, 3.63) is 68.8 Å². The van der Waals surface area contributed by atoms with Crippen LogP contribution in [0.25, 0.3) is 0 Å². The second-order valence-corrected chi connectivity index (χ2v) is 4.66. The van der Waals surface area contributed by atoms with Crippen molar-refractivity contribution in [2.45, 2.75) is 6.42 Å². The molecule has 2 aromatic carbocycles. The lowest BCUT2D eigenvalue weighted by Gasteiger charge is -2.08. The number of nitrogens with one attached hydrogen (secondary N) is 1. The Hall–Kier alpha value is -3.16. The third-order valence-electron chi connectivity index (χ3n) is 3.04. The van der Waals surface area contributed by atoms with Crippen LogP contribution >= 0.6 is 0 Å². The molecule has 8 nitrogen and oxygen atoms in total. The minimum Gasteiger partial charge on any atom is -0.494 e. The van der Waals surface area contributed by atoms with Crippen molar-refractivity contribution in [1.82, 2.24) is 0 Å². The van der Waals surface area contributed by atoms with Crippen LogP contribution in [0.4, 0.5) is 17.1 Å². The zero-order valence-electron chi connectivity index (χ0n) is 12.2. The number of non-ortho nitro benzene ring substituents is 1. The van der Waals surface area contributed by atoms with E-state index in [1.165, 1.54) is 12.1 Å². The second kappa shape index (κ2) is 7.74. The molecule has 0 spiro atoms. The lowest BCUT2D eigenvalue weighted by molar-refractivity contribution is -0.393. The molecule has 0 fully saturated rings. The van der Waals surface area contributed by atoms with E-state index in [1.807, 2.05) is 30.3 Å². The Bertz CT molecular complexity index is 691. The topological polar surface area (TPSA) is 108 Å². The predicted molar refractivity (Wildman–Crippen MR) is 84.8 cm³/mol. The van der Waals surface area contributed by atoms with Crippen LogP contribution in [-0.4, -0.2) is 23.0 Å². The summed E-state index contributed by atoms with van der Waals surface area (Å²) in [5.74, 6) is 0.758. The molecule has 0 aliphatic heterocycles. The molecule has 0 amide bonds. The molecule has 2 rings (SSSR count). The first-order valence-corrected chi connectivity index (χ1v) is 6.92. The molecule has 1 N–H and O–H groups in total. The molecule has 0 saturated carbocycles. The number of hydrogen-bond acceptors (Lipinski definition) is 6. The summed E-state index contributed by atoms with van der Waals surface area (Å²) >= 11 is 0. The lowest BCUT2D eigenvalue weighted by Crippen LogP contribution is -2.08. The monoisotopic (exact) mass is 317 g/mol. The number of para-hydroxylation sites is 1. The van der Waals surface area contributed by atoms with Gasteiger partial charge in [0.2, 0.25) is 0 Å². The molecule has 0 heterocycles. The van der Waals surface area contributed by atoms with Crippen LogP contribution in [0.2, 0.25) is 0 Å². The molecule has 0 atom stereocenters. The summed E-state index contributed by atoms with van der Waals surface area (Å²) in [6.45, 7) is 0.906. The van der Waals surface area contributed by atoms with Gasteiger partial charge in [-0.15, -0.1) is 0 Å². The third kappa shape index (κ3) is 4.67. The molecule has 2 aromatic rings.